The molecule has 2 aromatic rings. The van der Waals surface area contributed by atoms with Crippen molar-refractivity contribution >= 4 is 11.6 Å². The number of methoxy groups -OCH3 is 1. The summed E-state index contributed by atoms with van der Waals surface area (Å²) < 4.78 is 11.4. The highest BCUT2D eigenvalue weighted by molar-refractivity contribution is 6.31. The Morgan fingerprint density at radius 3 is 2.58 bits per heavy atom. The molecule has 3 rings (SSSR count). The highest BCUT2D eigenvalue weighted by Crippen LogP contribution is 2.36. The first-order chi connectivity index (χ1) is 11.7. The van der Waals surface area contributed by atoms with E-state index < -0.39 is 0 Å². The fourth-order valence-corrected chi connectivity index (χ4v) is 3.27. The zero-order valence-electron chi connectivity index (χ0n) is 13.8. The molecule has 0 radical (unpaired) electrons. The summed E-state index contributed by atoms with van der Waals surface area (Å²) in [7, 11) is 1.64. The Balaban J connectivity index is 1.85. The largest absolute Gasteiger partial charge is 0.496 e. The van der Waals surface area contributed by atoms with E-state index in [1.54, 1.807) is 7.11 Å². The third-order valence-corrected chi connectivity index (χ3v) is 4.64. The standard InChI is InChI=1S/C19H22ClNO3/c1-23-19-11-15(24-18-7-3-2-6-14(18)13-22)10-17(20)16(19)12-21-8-4-5-9-21/h2-3,6-7,10-11,22H,4-5,8-9,12-13H2,1H3. The first kappa shape index (κ1) is 17.1. The second-order valence-electron chi connectivity index (χ2n) is 5.94. The van der Waals surface area contributed by atoms with Gasteiger partial charge in [0.2, 0.25) is 0 Å². The predicted octanol–water partition coefficient (Wildman–Crippen LogP) is 4.23. The lowest BCUT2D eigenvalue weighted by Crippen LogP contribution is -2.19. The van der Waals surface area contributed by atoms with E-state index in [4.69, 9.17) is 21.1 Å². The van der Waals surface area contributed by atoms with Crippen LogP contribution in [0.15, 0.2) is 36.4 Å². The molecule has 0 spiro atoms. The van der Waals surface area contributed by atoms with Crippen molar-refractivity contribution in [3.63, 3.8) is 0 Å². The van der Waals surface area contributed by atoms with E-state index in [9.17, 15) is 5.11 Å². The summed E-state index contributed by atoms with van der Waals surface area (Å²) in [5.41, 5.74) is 1.72. The van der Waals surface area contributed by atoms with Gasteiger partial charge < -0.3 is 14.6 Å². The van der Waals surface area contributed by atoms with Crippen LogP contribution in [-0.2, 0) is 13.2 Å². The molecule has 2 aromatic carbocycles. The fourth-order valence-electron chi connectivity index (χ4n) is 3.01. The van der Waals surface area contributed by atoms with Gasteiger partial charge in [-0.05, 0) is 32.0 Å². The molecule has 0 atom stereocenters. The third-order valence-electron chi connectivity index (χ3n) is 4.30. The summed E-state index contributed by atoms with van der Waals surface area (Å²) in [6, 6.07) is 11.1. The minimum absolute atomic E-state index is 0.0753. The summed E-state index contributed by atoms with van der Waals surface area (Å²) in [4.78, 5) is 2.38. The third kappa shape index (κ3) is 3.83. The van der Waals surface area contributed by atoms with Gasteiger partial charge in [-0.15, -0.1) is 0 Å². The van der Waals surface area contributed by atoms with Crippen LogP contribution in [0.4, 0.5) is 0 Å². The molecule has 24 heavy (non-hydrogen) atoms. The molecular formula is C19H22ClNO3. The quantitative estimate of drug-likeness (QED) is 0.849. The normalized spacial score (nSPS) is 14.8. The van der Waals surface area contributed by atoms with Gasteiger partial charge in [-0.3, -0.25) is 4.90 Å². The highest BCUT2D eigenvalue weighted by Gasteiger charge is 2.18. The highest BCUT2D eigenvalue weighted by atomic mass is 35.5. The molecule has 1 fully saturated rings. The van der Waals surface area contributed by atoms with Crippen LogP contribution < -0.4 is 9.47 Å². The molecular weight excluding hydrogens is 326 g/mol. The van der Waals surface area contributed by atoms with Crippen molar-refractivity contribution < 1.29 is 14.6 Å². The Kier molecular flexibility index (Phi) is 5.61. The smallest absolute Gasteiger partial charge is 0.132 e. The zero-order valence-corrected chi connectivity index (χ0v) is 14.6. The lowest BCUT2D eigenvalue weighted by Gasteiger charge is -2.19. The molecule has 1 aliphatic heterocycles. The lowest BCUT2D eigenvalue weighted by molar-refractivity contribution is 0.276. The summed E-state index contributed by atoms with van der Waals surface area (Å²) in [5, 5.41) is 10.1. The first-order valence-corrected chi connectivity index (χ1v) is 8.54. The molecule has 1 saturated heterocycles. The zero-order chi connectivity index (χ0) is 16.9. The molecule has 1 aliphatic rings. The van der Waals surface area contributed by atoms with Crippen LogP contribution >= 0.6 is 11.6 Å². The maximum absolute atomic E-state index is 9.42. The van der Waals surface area contributed by atoms with E-state index in [1.165, 1.54) is 12.8 Å². The average Bonchev–Trinajstić information content (AvgIpc) is 3.10. The number of aliphatic hydroxyl groups is 1. The van der Waals surface area contributed by atoms with E-state index in [0.29, 0.717) is 16.5 Å². The molecule has 0 aliphatic carbocycles. The van der Waals surface area contributed by atoms with Crippen molar-refractivity contribution in [1.29, 1.82) is 0 Å². The second-order valence-corrected chi connectivity index (χ2v) is 6.34. The Bertz CT molecular complexity index is 699. The minimum atomic E-state index is -0.0753. The minimum Gasteiger partial charge on any atom is -0.496 e. The molecule has 4 nitrogen and oxygen atoms in total. The molecule has 0 amide bonds. The molecule has 128 valence electrons. The van der Waals surface area contributed by atoms with Crippen LogP contribution in [0.1, 0.15) is 24.0 Å². The Morgan fingerprint density at radius 1 is 1.12 bits per heavy atom. The topological polar surface area (TPSA) is 41.9 Å². The van der Waals surface area contributed by atoms with E-state index in [1.807, 2.05) is 36.4 Å². The molecule has 0 saturated carbocycles. The number of hydrogen-bond donors (Lipinski definition) is 1. The van der Waals surface area contributed by atoms with E-state index in [0.717, 1.165) is 36.5 Å². The van der Waals surface area contributed by atoms with Gasteiger partial charge >= 0.3 is 0 Å². The summed E-state index contributed by atoms with van der Waals surface area (Å²) in [6.45, 7) is 2.91. The Hall–Kier alpha value is -1.75. The Morgan fingerprint density at radius 2 is 1.88 bits per heavy atom. The number of likely N-dealkylation sites (tertiary alicyclic amines) is 1. The molecule has 0 aromatic heterocycles. The molecule has 1 heterocycles. The van der Waals surface area contributed by atoms with Crippen LogP contribution in [0.25, 0.3) is 0 Å². The van der Waals surface area contributed by atoms with E-state index in [2.05, 4.69) is 4.90 Å². The number of halogens is 1. The van der Waals surface area contributed by atoms with Crippen molar-refractivity contribution in [2.75, 3.05) is 20.2 Å². The predicted molar refractivity (Wildman–Crippen MR) is 95.0 cm³/mol. The summed E-state index contributed by atoms with van der Waals surface area (Å²) in [6.07, 6.45) is 2.47. The van der Waals surface area contributed by atoms with Gasteiger partial charge in [-0.25, -0.2) is 0 Å². The van der Waals surface area contributed by atoms with E-state index in [-0.39, 0.29) is 6.61 Å². The number of rotatable bonds is 6. The maximum atomic E-state index is 9.42. The van der Waals surface area contributed by atoms with E-state index >= 15 is 0 Å². The van der Waals surface area contributed by atoms with Crippen LogP contribution in [0.2, 0.25) is 5.02 Å². The monoisotopic (exact) mass is 347 g/mol. The fraction of sp³-hybridized carbons (Fsp3) is 0.368. The van der Waals surface area contributed by atoms with Crippen LogP contribution in [0, 0.1) is 0 Å². The molecule has 0 bridgehead atoms. The number of nitrogens with zero attached hydrogens (tertiary/aromatic N) is 1. The number of para-hydroxylation sites is 1. The molecule has 1 N–H and O–H groups in total. The van der Waals surface area contributed by atoms with Crippen molar-refractivity contribution in [2.24, 2.45) is 0 Å². The van der Waals surface area contributed by atoms with Gasteiger partial charge in [-0.2, -0.15) is 0 Å². The van der Waals surface area contributed by atoms with Crippen LogP contribution in [0.3, 0.4) is 0 Å². The van der Waals surface area contributed by atoms with Crippen LogP contribution in [-0.4, -0.2) is 30.2 Å². The number of hydrogen-bond acceptors (Lipinski definition) is 4. The first-order valence-electron chi connectivity index (χ1n) is 8.16. The lowest BCUT2D eigenvalue weighted by atomic mass is 10.1. The van der Waals surface area contributed by atoms with Crippen molar-refractivity contribution in [3.05, 3.63) is 52.5 Å². The SMILES string of the molecule is COc1cc(Oc2ccccc2CO)cc(Cl)c1CN1CCCC1. The average molecular weight is 348 g/mol. The maximum Gasteiger partial charge on any atom is 0.132 e. The van der Waals surface area contributed by atoms with Gasteiger partial charge in [0, 0.05) is 29.8 Å². The Labute approximate surface area is 147 Å². The van der Waals surface area contributed by atoms with Gasteiger partial charge in [0.15, 0.2) is 0 Å². The van der Waals surface area contributed by atoms with Gasteiger partial charge in [-0.1, -0.05) is 29.8 Å². The summed E-state index contributed by atoms with van der Waals surface area (Å²) in [5.74, 6) is 1.94. The number of aliphatic hydroxyl groups excluding tert-OH is 1. The van der Waals surface area contributed by atoms with Gasteiger partial charge in [0.1, 0.15) is 17.2 Å². The van der Waals surface area contributed by atoms with Gasteiger partial charge in [0.25, 0.3) is 0 Å². The number of ether oxygens (including phenoxy) is 2. The molecule has 5 heteroatoms. The van der Waals surface area contributed by atoms with Crippen molar-refractivity contribution in [1.82, 2.24) is 4.90 Å². The van der Waals surface area contributed by atoms with Crippen molar-refractivity contribution in [2.45, 2.75) is 26.0 Å². The van der Waals surface area contributed by atoms with Crippen LogP contribution in [0.5, 0.6) is 17.2 Å². The van der Waals surface area contributed by atoms with Crippen molar-refractivity contribution in [3.8, 4) is 17.2 Å². The second kappa shape index (κ2) is 7.88. The summed E-state index contributed by atoms with van der Waals surface area (Å²) >= 11 is 6.50. The number of benzene rings is 2. The molecule has 0 unspecified atom stereocenters. The van der Waals surface area contributed by atoms with Gasteiger partial charge in [0.05, 0.1) is 18.7 Å².